The molecule has 0 saturated heterocycles. The van der Waals surface area contributed by atoms with Crippen molar-refractivity contribution in [3.63, 3.8) is 0 Å². The van der Waals surface area contributed by atoms with Crippen molar-refractivity contribution in [3.05, 3.63) is 35.4 Å². The standard InChI is InChI=1S/C13H18F2N2O.ClH/c1-8(17-12(18)13(2,3)7-16)11-9(14)5-4-6-10(11)15;/h4-6,8H,7,16H2,1-3H3,(H,17,18);1H. The highest BCUT2D eigenvalue weighted by molar-refractivity contribution is 5.85. The summed E-state index contributed by atoms with van der Waals surface area (Å²) in [5.41, 5.74) is 4.56. The van der Waals surface area contributed by atoms with Gasteiger partial charge >= 0.3 is 0 Å². The van der Waals surface area contributed by atoms with Gasteiger partial charge in [-0.05, 0) is 32.9 Å². The first-order valence-electron chi connectivity index (χ1n) is 5.74. The molecule has 3 N–H and O–H groups in total. The molecule has 1 atom stereocenters. The van der Waals surface area contributed by atoms with E-state index in [0.29, 0.717) is 0 Å². The monoisotopic (exact) mass is 292 g/mol. The van der Waals surface area contributed by atoms with E-state index in [1.54, 1.807) is 13.8 Å². The Morgan fingerprint density at radius 2 is 1.84 bits per heavy atom. The highest BCUT2D eigenvalue weighted by Gasteiger charge is 2.28. The second kappa shape index (κ2) is 6.82. The predicted molar refractivity (Wildman–Crippen MR) is 73.0 cm³/mol. The Morgan fingerprint density at radius 1 is 1.37 bits per heavy atom. The van der Waals surface area contributed by atoms with Crippen molar-refractivity contribution in [1.29, 1.82) is 0 Å². The van der Waals surface area contributed by atoms with Crippen LogP contribution in [-0.4, -0.2) is 12.5 Å². The van der Waals surface area contributed by atoms with Gasteiger partial charge in [-0.1, -0.05) is 6.07 Å². The maximum Gasteiger partial charge on any atom is 0.227 e. The Hall–Kier alpha value is -1.20. The van der Waals surface area contributed by atoms with Crippen molar-refractivity contribution in [3.8, 4) is 0 Å². The zero-order chi connectivity index (χ0) is 13.9. The number of nitrogens with one attached hydrogen (secondary N) is 1. The van der Waals surface area contributed by atoms with Crippen LogP contribution in [0.2, 0.25) is 0 Å². The molecule has 19 heavy (non-hydrogen) atoms. The Labute approximate surface area is 118 Å². The molecule has 0 heterocycles. The summed E-state index contributed by atoms with van der Waals surface area (Å²) in [5, 5.41) is 2.57. The molecule has 0 spiro atoms. The third-order valence-electron chi connectivity index (χ3n) is 2.91. The lowest BCUT2D eigenvalue weighted by Gasteiger charge is -2.24. The third kappa shape index (κ3) is 4.14. The highest BCUT2D eigenvalue weighted by atomic mass is 35.5. The minimum absolute atomic E-state index is 0. The summed E-state index contributed by atoms with van der Waals surface area (Å²) < 4.78 is 27.0. The van der Waals surface area contributed by atoms with E-state index in [-0.39, 0.29) is 30.4 Å². The molecule has 6 heteroatoms. The number of hydrogen-bond donors (Lipinski definition) is 2. The Kier molecular flexibility index (Phi) is 6.39. The quantitative estimate of drug-likeness (QED) is 0.896. The Morgan fingerprint density at radius 3 is 2.26 bits per heavy atom. The minimum atomic E-state index is -0.768. The zero-order valence-electron chi connectivity index (χ0n) is 11.2. The van der Waals surface area contributed by atoms with E-state index >= 15 is 0 Å². The van der Waals surface area contributed by atoms with Gasteiger partial charge in [0.05, 0.1) is 11.5 Å². The van der Waals surface area contributed by atoms with Crippen LogP contribution in [0.15, 0.2) is 18.2 Å². The fourth-order valence-electron chi connectivity index (χ4n) is 1.48. The first-order chi connectivity index (χ1) is 8.29. The molecule has 0 bridgehead atoms. The summed E-state index contributed by atoms with van der Waals surface area (Å²) in [6.45, 7) is 5.04. The first-order valence-corrected chi connectivity index (χ1v) is 5.74. The molecule has 0 aliphatic heterocycles. The molecule has 1 amide bonds. The molecule has 3 nitrogen and oxygen atoms in total. The molecular weight excluding hydrogens is 274 g/mol. The average molecular weight is 293 g/mol. The summed E-state index contributed by atoms with van der Waals surface area (Å²) in [6, 6.07) is 2.86. The van der Waals surface area contributed by atoms with E-state index in [1.807, 2.05) is 0 Å². The van der Waals surface area contributed by atoms with Gasteiger partial charge in [-0.15, -0.1) is 12.4 Å². The van der Waals surface area contributed by atoms with Crippen LogP contribution < -0.4 is 11.1 Å². The molecular formula is C13H19ClF2N2O. The van der Waals surface area contributed by atoms with E-state index in [9.17, 15) is 13.6 Å². The van der Waals surface area contributed by atoms with Crippen molar-refractivity contribution in [2.24, 2.45) is 11.1 Å². The Bertz CT molecular complexity index is 432. The normalized spacial score (nSPS) is 12.5. The largest absolute Gasteiger partial charge is 0.349 e. The fraction of sp³-hybridized carbons (Fsp3) is 0.462. The van der Waals surface area contributed by atoms with Crippen LogP contribution in [0.1, 0.15) is 32.4 Å². The number of carbonyl (C=O) groups is 1. The minimum Gasteiger partial charge on any atom is -0.349 e. The van der Waals surface area contributed by atoms with Crippen molar-refractivity contribution in [2.75, 3.05) is 6.54 Å². The molecule has 1 rings (SSSR count). The van der Waals surface area contributed by atoms with Gasteiger partial charge in [0.25, 0.3) is 0 Å². The van der Waals surface area contributed by atoms with Crippen molar-refractivity contribution < 1.29 is 13.6 Å². The lowest BCUT2D eigenvalue weighted by atomic mass is 9.92. The van der Waals surface area contributed by atoms with Crippen LogP contribution in [0.25, 0.3) is 0 Å². The van der Waals surface area contributed by atoms with Crippen LogP contribution in [0, 0.1) is 17.0 Å². The summed E-state index contributed by atoms with van der Waals surface area (Å²) in [5.74, 6) is -1.68. The Balaban J connectivity index is 0.00000324. The van der Waals surface area contributed by atoms with Crippen molar-refractivity contribution >= 4 is 18.3 Å². The molecule has 0 aliphatic rings. The third-order valence-corrected chi connectivity index (χ3v) is 2.91. The van der Waals surface area contributed by atoms with E-state index < -0.39 is 23.1 Å². The number of hydrogen-bond acceptors (Lipinski definition) is 2. The van der Waals surface area contributed by atoms with Crippen LogP contribution in [0.5, 0.6) is 0 Å². The average Bonchev–Trinajstić information content (AvgIpc) is 2.28. The number of carbonyl (C=O) groups excluding carboxylic acids is 1. The summed E-state index contributed by atoms with van der Waals surface area (Å²) in [4.78, 5) is 11.9. The van der Waals surface area contributed by atoms with Gasteiger partial charge < -0.3 is 11.1 Å². The van der Waals surface area contributed by atoms with Crippen molar-refractivity contribution in [2.45, 2.75) is 26.8 Å². The van der Waals surface area contributed by atoms with Gasteiger partial charge in [-0.25, -0.2) is 8.78 Å². The topological polar surface area (TPSA) is 55.1 Å². The van der Waals surface area contributed by atoms with E-state index in [1.165, 1.54) is 13.0 Å². The molecule has 1 aromatic rings. The summed E-state index contributed by atoms with van der Waals surface area (Å²) in [7, 11) is 0. The van der Waals surface area contributed by atoms with Crippen LogP contribution in [0.3, 0.4) is 0 Å². The van der Waals surface area contributed by atoms with Gasteiger partial charge in [0.1, 0.15) is 11.6 Å². The number of halogens is 3. The smallest absolute Gasteiger partial charge is 0.227 e. The molecule has 0 aromatic heterocycles. The SMILES string of the molecule is CC(NC(=O)C(C)(C)CN)c1c(F)cccc1F.Cl. The molecule has 0 saturated carbocycles. The number of nitrogens with two attached hydrogens (primary N) is 1. The first kappa shape index (κ1) is 17.8. The summed E-state index contributed by atoms with van der Waals surface area (Å²) >= 11 is 0. The molecule has 1 unspecified atom stereocenters. The van der Waals surface area contributed by atoms with E-state index in [4.69, 9.17) is 5.73 Å². The fourth-order valence-corrected chi connectivity index (χ4v) is 1.48. The van der Waals surface area contributed by atoms with Crippen LogP contribution in [-0.2, 0) is 4.79 Å². The van der Waals surface area contributed by atoms with Crippen molar-refractivity contribution in [1.82, 2.24) is 5.32 Å². The number of rotatable bonds is 4. The molecule has 0 aliphatic carbocycles. The van der Waals surface area contributed by atoms with Gasteiger partial charge in [0.2, 0.25) is 5.91 Å². The molecule has 108 valence electrons. The second-order valence-electron chi connectivity index (χ2n) is 4.92. The zero-order valence-corrected chi connectivity index (χ0v) is 12.0. The highest BCUT2D eigenvalue weighted by Crippen LogP contribution is 2.22. The van der Waals surface area contributed by atoms with Gasteiger partial charge in [-0.2, -0.15) is 0 Å². The molecule has 0 fully saturated rings. The molecule has 0 radical (unpaired) electrons. The van der Waals surface area contributed by atoms with Gasteiger partial charge in [0.15, 0.2) is 0 Å². The number of amides is 1. The van der Waals surface area contributed by atoms with E-state index in [2.05, 4.69) is 5.32 Å². The van der Waals surface area contributed by atoms with Gasteiger partial charge in [0, 0.05) is 12.1 Å². The van der Waals surface area contributed by atoms with Crippen LogP contribution >= 0.6 is 12.4 Å². The van der Waals surface area contributed by atoms with Crippen LogP contribution in [0.4, 0.5) is 8.78 Å². The van der Waals surface area contributed by atoms with E-state index in [0.717, 1.165) is 12.1 Å². The lowest BCUT2D eigenvalue weighted by molar-refractivity contribution is -0.129. The second-order valence-corrected chi connectivity index (χ2v) is 4.92. The maximum atomic E-state index is 13.5. The number of benzene rings is 1. The summed E-state index contributed by atoms with van der Waals surface area (Å²) in [6.07, 6.45) is 0. The predicted octanol–water partition coefficient (Wildman–Crippen LogP) is 2.55. The van der Waals surface area contributed by atoms with Gasteiger partial charge in [-0.3, -0.25) is 4.79 Å². The molecule has 1 aromatic carbocycles. The lowest BCUT2D eigenvalue weighted by Crippen LogP contribution is -2.43. The maximum absolute atomic E-state index is 13.5.